The van der Waals surface area contributed by atoms with E-state index in [1.807, 2.05) is 66.0 Å². The lowest BCUT2D eigenvalue weighted by molar-refractivity contribution is -0.160. The fraction of sp³-hybridized carbons (Fsp3) is 0.346. The van der Waals surface area contributed by atoms with Crippen LogP contribution in [0, 0.1) is 6.57 Å². The smallest absolute Gasteiger partial charge is 0.237 e. The van der Waals surface area contributed by atoms with Gasteiger partial charge in [-0.2, -0.15) is 4.33 Å². The van der Waals surface area contributed by atoms with Gasteiger partial charge in [0.05, 0.1) is 32.2 Å². The number of carbonyl (C=O) groups is 1. The molecule has 1 atom stereocenters. The molecule has 10 heteroatoms. The Balaban J connectivity index is 1.46. The molecule has 1 aliphatic heterocycles. The molecule has 4 rings (SSSR count). The summed E-state index contributed by atoms with van der Waals surface area (Å²) in [7, 11) is 1.49. The molecule has 1 unspecified atom stereocenters. The van der Waals surface area contributed by atoms with Crippen molar-refractivity contribution in [3.63, 3.8) is 0 Å². The number of aromatic nitrogens is 2. The molecule has 3 aromatic rings. The predicted molar refractivity (Wildman–Crippen MR) is 140 cm³/mol. The second kappa shape index (κ2) is 12.9. The van der Waals surface area contributed by atoms with Crippen LogP contribution < -0.4 is 0 Å². The fourth-order valence-electron chi connectivity index (χ4n) is 4.31. The lowest BCUT2D eigenvalue weighted by Gasteiger charge is -2.41. The molecule has 1 saturated heterocycles. The minimum atomic E-state index is 0.0906. The Bertz CT molecular complexity index is 1200. The van der Waals surface area contributed by atoms with Gasteiger partial charge in [0.25, 0.3) is 0 Å². The van der Waals surface area contributed by atoms with Crippen LogP contribution in [0.5, 0.6) is 0 Å². The molecular weight excluding hydrogens is 498 g/mol. The van der Waals surface area contributed by atoms with E-state index < -0.39 is 0 Å². The van der Waals surface area contributed by atoms with Crippen molar-refractivity contribution in [2.24, 2.45) is 0 Å². The maximum Gasteiger partial charge on any atom is 0.237 e. The van der Waals surface area contributed by atoms with Crippen LogP contribution in [0.25, 0.3) is 4.85 Å². The summed E-state index contributed by atoms with van der Waals surface area (Å²) in [6, 6.07) is 15.4. The van der Waals surface area contributed by atoms with Crippen LogP contribution >= 0.6 is 23.6 Å². The molecule has 2 heterocycles. The summed E-state index contributed by atoms with van der Waals surface area (Å²) >= 11 is 7.42. The first-order valence-electron chi connectivity index (χ1n) is 11.6. The number of halogens is 1. The van der Waals surface area contributed by atoms with Gasteiger partial charge in [-0.3, -0.25) is 9.69 Å². The van der Waals surface area contributed by atoms with Crippen molar-refractivity contribution in [1.82, 2.24) is 19.4 Å². The van der Waals surface area contributed by atoms with Crippen LogP contribution in [0.2, 0.25) is 5.02 Å². The molecule has 1 aromatic heterocycles. The van der Waals surface area contributed by atoms with E-state index in [-0.39, 0.29) is 11.9 Å². The number of imidazole rings is 1. The van der Waals surface area contributed by atoms with Gasteiger partial charge < -0.3 is 9.47 Å². The highest BCUT2D eigenvalue weighted by atomic mass is 35.5. The molecular formula is C26H28ClN5O3S. The number of hydrogen-bond acceptors (Lipinski definition) is 6. The molecule has 1 aliphatic rings. The quantitative estimate of drug-likeness (QED) is 0.116. The van der Waals surface area contributed by atoms with E-state index in [1.165, 1.54) is 19.2 Å². The average molecular weight is 526 g/mol. The van der Waals surface area contributed by atoms with Gasteiger partial charge in [0, 0.05) is 61.2 Å². The van der Waals surface area contributed by atoms with Crippen molar-refractivity contribution in [1.29, 1.82) is 0 Å². The van der Waals surface area contributed by atoms with Gasteiger partial charge in [-0.15, -0.1) is 0 Å². The highest BCUT2D eigenvalue weighted by Gasteiger charge is 2.32. The zero-order valence-electron chi connectivity index (χ0n) is 20.0. The third-order valence-corrected chi connectivity index (χ3v) is 7.00. The maximum absolute atomic E-state index is 13.1. The number of hydrogen-bond donors (Lipinski definition) is 0. The molecule has 0 aliphatic carbocycles. The summed E-state index contributed by atoms with van der Waals surface area (Å²) in [4.78, 5) is 29.8. The maximum atomic E-state index is 13.1. The van der Waals surface area contributed by atoms with E-state index in [0.29, 0.717) is 43.4 Å². The number of rotatable bonds is 11. The second-order valence-corrected chi connectivity index (χ2v) is 9.82. The van der Waals surface area contributed by atoms with Gasteiger partial charge in [0.1, 0.15) is 0 Å². The van der Waals surface area contributed by atoms with Crippen molar-refractivity contribution in [3.05, 3.63) is 94.3 Å². The number of carbonyl (C=O) groups excluding carboxylic acids is 1. The van der Waals surface area contributed by atoms with Crippen LogP contribution in [0.4, 0.5) is 5.69 Å². The van der Waals surface area contributed by atoms with E-state index in [1.54, 1.807) is 0 Å². The Morgan fingerprint density at radius 2 is 2.00 bits per heavy atom. The van der Waals surface area contributed by atoms with Crippen LogP contribution in [0.1, 0.15) is 23.2 Å². The zero-order chi connectivity index (χ0) is 25.3. The Kier molecular flexibility index (Phi) is 9.39. The van der Waals surface area contributed by atoms with Crippen LogP contribution in [0.15, 0.2) is 61.1 Å². The molecule has 0 bridgehead atoms. The van der Waals surface area contributed by atoms with Crippen LogP contribution in [-0.4, -0.2) is 57.3 Å². The third kappa shape index (κ3) is 7.09. The predicted octanol–water partition coefficient (Wildman–Crippen LogP) is 4.96. The molecule has 0 radical (unpaired) electrons. The first-order valence-corrected chi connectivity index (χ1v) is 12.9. The summed E-state index contributed by atoms with van der Waals surface area (Å²) in [5, 5.41) is 0.667. The van der Waals surface area contributed by atoms with Crippen molar-refractivity contribution in [2.45, 2.75) is 32.1 Å². The normalized spacial score (nSPS) is 16.3. The number of nitrogens with zero attached hydrogens (tertiary/aromatic N) is 5. The third-order valence-electron chi connectivity index (χ3n) is 6.13. The lowest BCUT2D eigenvalue weighted by Crippen LogP contribution is -2.55. The molecule has 36 heavy (non-hydrogen) atoms. The SMILES string of the molecule is [C-]#[N+]c1ccc(Cn2cncc2CN2CC(=O)N(Cc3cccc(Cl)c3)CC2CCSOOC)cc1. The van der Waals surface area contributed by atoms with Crippen molar-refractivity contribution < 1.29 is 14.0 Å². The van der Waals surface area contributed by atoms with Crippen molar-refractivity contribution in [2.75, 3.05) is 26.0 Å². The largest absolute Gasteiger partial charge is 0.336 e. The molecule has 2 aromatic carbocycles. The molecule has 8 nitrogen and oxygen atoms in total. The zero-order valence-corrected chi connectivity index (χ0v) is 21.6. The van der Waals surface area contributed by atoms with Gasteiger partial charge in [0.15, 0.2) is 5.69 Å². The highest BCUT2D eigenvalue weighted by molar-refractivity contribution is 7.94. The molecule has 0 spiro atoms. The summed E-state index contributed by atoms with van der Waals surface area (Å²) in [5.41, 5.74) is 3.76. The molecule has 0 N–H and O–H groups in total. The molecule has 1 fully saturated rings. The minimum Gasteiger partial charge on any atom is -0.336 e. The minimum absolute atomic E-state index is 0.0906. The average Bonchev–Trinajstić information content (AvgIpc) is 3.31. The fourth-order valence-corrected chi connectivity index (χ4v) is 5.06. The van der Waals surface area contributed by atoms with Gasteiger partial charge in [-0.25, -0.2) is 14.7 Å². The number of amides is 1. The van der Waals surface area contributed by atoms with Crippen molar-refractivity contribution >= 4 is 35.2 Å². The Morgan fingerprint density at radius 3 is 2.75 bits per heavy atom. The second-order valence-electron chi connectivity index (χ2n) is 8.60. The molecule has 188 valence electrons. The van der Waals surface area contributed by atoms with E-state index in [0.717, 1.165) is 29.0 Å². The summed E-state index contributed by atoms with van der Waals surface area (Å²) in [6.07, 6.45) is 4.50. The van der Waals surface area contributed by atoms with E-state index >= 15 is 0 Å². The number of benzene rings is 2. The van der Waals surface area contributed by atoms with Gasteiger partial charge in [-0.1, -0.05) is 48.0 Å². The summed E-state index contributed by atoms with van der Waals surface area (Å²) in [5.74, 6) is 0.828. The van der Waals surface area contributed by atoms with Crippen molar-refractivity contribution in [3.8, 4) is 0 Å². The first kappa shape index (κ1) is 26.2. The molecule has 1 amide bonds. The van der Waals surface area contributed by atoms with Gasteiger partial charge >= 0.3 is 0 Å². The van der Waals surface area contributed by atoms with E-state index in [4.69, 9.17) is 27.4 Å². The van der Waals surface area contributed by atoms with E-state index in [2.05, 4.69) is 19.3 Å². The monoisotopic (exact) mass is 525 g/mol. The summed E-state index contributed by atoms with van der Waals surface area (Å²) < 4.78 is 7.09. The Hall–Kier alpha value is -2.87. The molecule has 0 saturated carbocycles. The lowest BCUT2D eigenvalue weighted by atomic mass is 10.1. The Morgan fingerprint density at radius 1 is 1.17 bits per heavy atom. The van der Waals surface area contributed by atoms with E-state index in [9.17, 15) is 4.79 Å². The van der Waals surface area contributed by atoms with Crippen LogP contribution in [0.3, 0.4) is 0 Å². The highest BCUT2D eigenvalue weighted by Crippen LogP contribution is 2.23. The topological polar surface area (TPSA) is 64.2 Å². The standard InChI is InChI=1S/C26H28ClN5O3S/c1-28-23-8-6-20(7-9-23)14-32-19-29-13-25(32)17-30-18-26(33)31(15-21-4-3-5-22(27)12-21)16-24(30)10-11-36-35-34-2/h3-9,12-13,19,24H,10-11,14-18H2,2H3. The first-order chi connectivity index (χ1) is 17.6. The Labute approximate surface area is 220 Å². The summed E-state index contributed by atoms with van der Waals surface area (Å²) in [6.45, 7) is 9.87. The van der Waals surface area contributed by atoms with Gasteiger partial charge in [-0.05, 0) is 29.7 Å². The van der Waals surface area contributed by atoms with Crippen LogP contribution in [-0.2, 0) is 33.7 Å². The number of piperazine rings is 1. The van der Waals surface area contributed by atoms with Gasteiger partial charge in [0.2, 0.25) is 5.91 Å².